The van der Waals surface area contributed by atoms with Gasteiger partial charge in [0.05, 0.1) is 0 Å². The lowest BCUT2D eigenvalue weighted by molar-refractivity contribution is 0.278. The number of hydrogen-bond acceptors (Lipinski definition) is 2. The molecule has 0 aromatic rings. The molecule has 3 atom stereocenters. The third-order valence-corrected chi connectivity index (χ3v) is 3.10. The van der Waals surface area contributed by atoms with Gasteiger partial charge in [-0.05, 0) is 44.2 Å². The van der Waals surface area contributed by atoms with Crippen molar-refractivity contribution in [3.63, 3.8) is 0 Å². The third kappa shape index (κ3) is 0.956. The molecule has 10 heavy (non-hydrogen) atoms. The van der Waals surface area contributed by atoms with E-state index in [-0.39, 0.29) is 0 Å². The molecule has 58 valence electrons. The van der Waals surface area contributed by atoms with Gasteiger partial charge in [-0.25, -0.2) is 0 Å². The summed E-state index contributed by atoms with van der Waals surface area (Å²) in [5.41, 5.74) is 5.95. The van der Waals surface area contributed by atoms with Crippen molar-refractivity contribution < 1.29 is 0 Å². The summed E-state index contributed by atoms with van der Waals surface area (Å²) in [5, 5.41) is 3.41. The SMILES string of the molecule is N[C@H]1CC[C@@H]2CCNC[C@@H]21. The lowest BCUT2D eigenvalue weighted by atomic mass is 9.88. The Morgan fingerprint density at radius 3 is 2.90 bits per heavy atom. The van der Waals surface area contributed by atoms with Crippen LogP contribution in [0.4, 0.5) is 0 Å². The van der Waals surface area contributed by atoms with Gasteiger partial charge in [0.2, 0.25) is 0 Å². The topological polar surface area (TPSA) is 38.0 Å². The zero-order valence-corrected chi connectivity index (χ0v) is 6.34. The largest absolute Gasteiger partial charge is 0.327 e. The number of hydrogen-bond donors (Lipinski definition) is 2. The number of fused-ring (bicyclic) bond motifs is 1. The van der Waals surface area contributed by atoms with Crippen molar-refractivity contribution in [2.24, 2.45) is 17.6 Å². The van der Waals surface area contributed by atoms with Gasteiger partial charge in [0, 0.05) is 6.04 Å². The number of rotatable bonds is 0. The van der Waals surface area contributed by atoms with Gasteiger partial charge in [0.25, 0.3) is 0 Å². The summed E-state index contributed by atoms with van der Waals surface area (Å²) in [5.74, 6) is 1.75. The monoisotopic (exact) mass is 140 g/mol. The summed E-state index contributed by atoms with van der Waals surface area (Å²) in [6.07, 6.45) is 4.00. The number of nitrogens with one attached hydrogen (secondary N) is 1. The zero-order chi connectivity index (χ0) is 6.97. The van der Waals surface area contributed by atoms with E-state index >= 15 is 0 Å². The minimum atomic E-state index is 0.498. The second kappa shape index (κ2) is 2.51. The average molecular weight is 140 g/mol. The van der Waals surface area contributed by atoms with Gasteiger partial charge in [-0.2, -0.15) is 0 Å². The molecule has 1 aliphatic carbocycles. The number of nitrogens with two attached hydrogens (primary N) is 1. The Labute approximate surface area is 62.2 Å². The standard InChI is InChI=1S/C8H16N2/c9-8-2-1-6-3-4-10-5-7(6)8/h6-8,10H,1-5,9H2/t6-,7+,8+/m1/s1. The van der Waals surface area contributed by atoms with Crippen molar-refractivity contribution in [2.75, 3.05) is 13.1 Å². The fraction of sp³-hybridized carbons (Fsp3) is 1.00. The van der Waals surface area contributed by atoms with Crippen molar-refractivity contribution in [1.29, 1.82) is 0 Å². The van der Waals surface area contributed by atoms with Gasteiger partial charge in [-0.3, -0.25) is 0 Å². The Morgan fingerprint density at radius 2 is 2.10 bits per heavy atom. The first-order valence-electron chi connectivity index (χ1n) is 4.34. The molecule has 0 unspecified atom stereocenters. The van der Waals surface area contributed by atoms with Crippen LogP contribution in [0.25, 0.3) is 0 Å². The minimum Gasteiger partial charge on any atom is -0.327 e. The maximum atomic E-state index is 5.95. The summed E-state index contributed by atoms with van der Waals surface area (Å²) >= 11 is 0. The van der Waals surface area contributed by atoms with Crippen LogP contribution in [-0.4, -0.2) is 19.1 Å². The molecule has 0 spiro atoms. The fourth-order valence-corrected chi connectivity index (χ4v) is 2.42. The molecule has 0 aromatic heterocycles. The van der Waals surface area contributed by atoms with Gasteiger partial charge < -0.3 is 11.1 Å². The van der Waals surface area contributed by atoms with Gasteiger partial charge in [0.1, 0.15) is 0 Å². The van der Waals surface area contributed by atoms with Crippen LogP contribution in [0.3, 0.4) is 0 Å². The molecule has 2 aliphatic rings. The summed E-state index contributed by atoms with van der Waals surface area (Å²) < 4.78 is 0. The van der Waals surface area contributed by atoms with Crippen LogP contribution in [0.1, 0.15) is 19.3 Å². The van der Waals surface area contributed by atoms with Crippen LogP contribution in [0.2, 0.25) is 0 Å². The van der Waals surface area contributed by atoms with Gasteiger partial charge in [-0.1, -0.05) is 0 Å². The maximum Gasteiger partial charge on any atom is 0.00820 e. The molecule has 2 heteroatoms. The van der Waals surface area contributed by atoms with E-state index < -0.39 is 0 Å². The molecule has 2 rings (SSSR count). The smallest absolute Gasteiger partial charge is 0.00820 e. The van der Waals surface area contributed by atoms with Crippen LogP contribution in [0, 0.1) is 11.8 Å². The number of piperidine rings is 1. The zero-order valence-electron chi connectivity index (χ0n) is 6.34. The quantitative estimate of drug-likeness (QED) is 0.509. The van der Waals surface area contributed by atoms with E-state index in [1.165, 1.54) is 32.4 Å². The van der Waals surface area contributed by atoms with Gasteiger partial charge >= 0.3 is 0 Å². The van der Waals surface area contributed by atoms with Crippen LogP contribution in [-0.2, 0) is 0 Å². The summed E-state index contributed by atoms with van der Waals surface area (Å²) in [7, 11) is 0. The van der Waals surface area contributed by atoms with E-state index in [2.05, 4.69) is 5.32 Å². The van der Waals surface area contributed by atoms with Crippen molar-refractivity contribution in [2.45, 2.75) is 25.3 Å². The second-order valence-corrected chi connectivity index (χ2v) is 3.66. The molecule has 0 radical (unpaired) electrons. The van der Waals surface area contributed by atoms with Gasteiger partial charge in [-0.15, -0.1) is 0 Å². The van der Waals surface area contributed by atoms with E-state index in [1.54, 1.807) is 0 Å². The van der Waals surface area contributed by atoms with Crippen molar-refractivity contribution >= 4 is 0 Å². The molecule has 1 heterocycles. The first-order valence-corrected chi connectivity index (χ1v) is 4.34. The molecule has 2 fully saturated rings. The molecular formula is C8H16N2. The molecule has 0 aromatic carbocycles. The Balaban J connectivity index is 2.01. The predicted octanol–water partition coefficient (Wildman–Crippen LogP) is 0.333. The molecule has 1 saturated heterocycles. The van der Waals surface area contributed by atoms with Crippen molar-refractivity contribution in [3.05, 3.63) is 0 Å². The van der Waals surface area contributed by atoms with Crippen LogP contribution in [0.15, 0.2) is 0 Å². The lowest BCUT2D eigenvalue weighted by Crippen LogP contribution is -2.41. The normalized spacial score (nSPS) is 47.1. The Kier molecular flexibility index (Phi) is 1.66. The first kappa shape index (κ1) is 6.62. The highest BCUT2D eigenvalue weighted by Gasteiger charge is 2.34. The van der Waals surface area contributed by atoms with E-state index in [4.69, 9.17) is 5.73 Å². The minimum absolute atomic E-state index is 0.498. The average Bonchev–Trinajstić information content (AvgIpc) is 2.34. The highest BCUT2D eigenvalue weighted by molar-refractivity contribution is 4.91. The van der Waals surface area contributed by atoms with E-state index in [1.807, 2.05) is 0 Å². The Bertz CT molecular complexity index is 122. The third-order valence-electron chi connectivity index (χ3n) is 3.10. The molecule has 2 nitrogen and oxygen atoms in total. The molecular weight excluding hydrogens is 124 g/mol. The molecule has 0 bridgehead atoms. The van der Waals surface area contributed by atoms with Crippen molar-refractivity contribution in [3.8, 4) is 0 Å². The Hall–Kier alpha value is -0.0800. The fourth-order valence-electron chi connectivity index (χ4n) is 2.42. The van der Waals surface area contributed by atoms with Crippen LogP contribution < -0.4 is 11.1 Å². The van der Waals surface area contributed by atoms with E-state index in [9.17, 15) is 0 Å². The van der Waals surface area contributed by atoms with Crippen LogP contribution in [0.5, 0.6) is 0 Å². The molecule has 1 saturated carbocycles. The molecule has 3 N–H and O–H groups in total. The highest BCUT2D eigenvalue weighted by atomic mass is 14.9. The lowest BCUT2D eigenvalue weighted by Gasteiger charge is -2.28. The summed E-state index contributed by atoms with van der Waals surface area (Å²) in [6, 6.07) is 0.498. The summed E-state index contributed by atoms with van der Waals surface area (Å²) in [6.45, 7) is 2.39. The predicted molar refractivity (Wildman–Crippen MR) is 41.7 cm³/mol. The Morgan fingerprint density at radius 1 is 1.20 bits per heavy atom. The van der Waals surface area contributed by atoms with Gasteiger partial charge in [0.15, 0.2) is 0 Å². The molecule has 0 amide bonds. The second-order valence-electron chi connectivity index (χ2n) is 3.66. The van der Waals surface area contributed by atoms with Crippen LogP contribution >= 0.6 is 0 Å². The highest BCUT2D eigenvalue weighted by Crippen LogP contribution is 2.34. The van der Waals surface area contributed by atoms with Crippen molar-refractivity contribution in [1.82, 2.24) is 5.32 Å². The maximum absolute atomic E-state index is 5.95. The van der Waals surface area contributed by atoms with E-state index in [0.29, 0.717) is 6.04 Å². The molecule has 1 aliphatic heterocycles. The summed E-state index contributed by atoms with van der Waals surface area (Å²) in [4.78, 5) is 0. The van der Waals surface area contributed by atoms with E-state index in [0.717, 1.165) is 11.8 Å². The first-order chi connectivity index (χ1) is 4.88.